The second-order valence-electron chi connectivity index (χ2n) is 8.92. The van der Waals surface area contributed by atoms with Crippen LogP contribution in [0.2, 0.25) is 0 Å². The number of aryl methyl sites for hydroxylation is 1. The summed E-state index contributed by atoms with van der Waals surface area (Å²) in [5.74, 6) is 1.54. The Bertz CT molecular complexity index is 1040. The van der Waals surface area contributed by atoms with E-state index in [-0.39, 0.29) is 11.4 Å². The topological polar surface area (TPSA) is 62.5 Å². The molecule has 1 saturated heterocycles. The number of carbonyl (C=O) groups excluding carboxylic acids is 1. The summed E-state index contributed by atoms with van der Waals surface area (Å²) in [6.07, 6.45) is 7.39. The third-order valence-electron chi connectivity index (χ3n) is 5.64. The fourth-order valence-electron chi connectivity index (χ4n) is 3.94. The lowest BCUT2D eigenvalue weighted by Crippen LogP contribution is -2.38. The van der Waals surface area contributed by atoms with Gasteiger partial charge in [0.05, 0.1) is 17.5 Å². The van der Waals surface area contributed by atoms with Crippen LogP contribution in [0.5, 0.6) is 0 Å². The van der Waals surface area contributed by atoms with Gasteiger partial charge in [0, 0.05) is 47.2 Å². The van der Waals surface area contributed by atoms with Crippen molar-refractivity contribution in [1.82, 2.24) is 19.3 Å². The van der Waals surface area contributed by atoms with Gasteiger partial charge in [-0.3, -0.25) is 14.2 Å². The Balaban J connectivity index is 1.55. The summed E-state index contributed by atoms with van der Waals surface area (Å²) in [5.41, 5.74) is 3.85. The number of fused-ring (bicyclic) bond motifs is 1. The molecular weight excluding hydrogens is 382 g/mol. The van der Waals surface area contributed by atoms with Crippen LogP contribution < -0.4 is 5.32 Å². The Labute approximate surface area is 176 Å². The Morgan fingerprint density at radius 2 is 1.97 bits per heavy atom. The van der Waals surface area contributed by atoms with E-state index in [2.05, 4.69) is 42.4 Å². The van der Waals surface area contributed by atoms with E-state index in [1.807, 2.05) is 23.4 Å². The Hall–Kier alpha value is -2.41. The zero-order chi connectivity index (χ0) is 20.8. The number of hydrogen-bond acceptors (Lipinski definition) is 5. The summed E-state index contributed by atoms with van der Waals surface area (Å²) in [4.78, 5) is 25.3. The van der Waals surface area contributed by atoms with Crippen molar-refractivity contribution in [2.45, 2.75) is 58.9 Å². The highest BCUT2D eigenvalue weighted by molar-refractivity contribution is 7.10. The molecule has 0 bridgehead atoms. The first-order chi connectivity index (χ1) is 13.7. The van der Waals surface area contributed by atoms with Crippen molar-refractivity contribution in [2.24, 2.45) is 0 Å². The van der Waals surface area contributed by atoms with Crippen LogP contribution >= 0.6 is 11.3 Å². The smallest absolute Gasteiger partial charge is 0.254 e. The number of nitrogens with one attached hydrogen (secondary N) is 1. The van der Waals surface area contributed by atoms with Crippen LogP contribution in [0.15, 0.2) is 24.0 Å². The molecule has 1 fully saturated rings. The van der Waals surface area contributed by atoms with Gasteiger partial charge in [-0.05, 0) is 53.0 Å². The lowest BCUT2D eigenvalue weighted by molar-refractivity contribution is 0.0712. The molecule has 0 saturated carbocycles. The minimum Gasteiger partial charge on any atom is -0.365 e. The van der Waals surface area contributed by atoms with Crippen molar-refractivity contribution in [2.75, 3.05) is 18.4 Å². The van der Waals surface area contributed by atoms with Gasteiger partial charge in [-0.1, -0.05) is 0 Å². The van der Waals surface area contributed by atoms with Gasteiger partial charge in [-0.25, -0.2) is 4.98 Å². The molecule has 154 valence electrons. The molecule has 0 aromatic carbocycles. The molecule has 7 heteroatoms. The minimum absolute atomic E-state index is 0.0704. The summed E-state index contributed by atoms with van der Waals surface area (Å²) in [6, 6.07) is 0. The summed E-state index contributed by atoms with van der Waals surface area (Å²) in [5, 5.41) is 5.63. The SMILES string of the molecule is Cc1scc(C(=O)N2CCC(c3nc4cnccn4c3NC(C)(C)C)CC2)c1C. The zero-order valence-electron chi connectivity index (χ0n) is 17.8. The van der Waals surface area contributed by atoms with E-state index in [1.165, 1.54) is 4.88 Å². The van der Waals surface area contributed by atoms with Gasteiger partial charge < -0.3 is 10.2 Å². The van der Waals surface area contributed by atoms with Gasteiger partial charge in [0.25, 0.3) is 5.91 Å². The molecule has 29 heavy (non-hydrogen) atoms. The molecule has 4 rings (SSSR count). The molecule has 6 nitrogen and oxygen atoms in total. The number of amides is 1. The van der Waals surface area contributed by atoms with Crippen molar-refractivity contribution in [3.63, 3.8) is 0 Å². The monoisotopic (exact) mass is 411 g/mol. The highest BCUT2D eigenvalue weighted by Crippen LogP contribution is 2.35. The van der Waals surface area contributed by atoms with E-state index < -0.39 is 0 Å². The van der Waals surface area contributed by atoms with Crippen molar-refractivity contribution in [1.29, 1.82) is 0 Å². The molecule has 1 N–H and O–H groups in total. The molecule has 0 radical (unpaired) electrons. The van der Waals surface area contributed by atoms with Gasteiger partial charge in [-0.15, -0.1) is 11.3 Å². The summed E-state index contributed by atoms with van der Waals surface area (Å²) in [7, 11) is 0. The Kier molecular flexibility index (Phi) is 5.11. The molecule has 1 aliphatic rings. The standard InChI is InChI=1S/C22H29N5OS/c1-14-15(2)29-13-17(14)21(28)26-9-6-16(7-10-26)19-20(25-22(3,4)5)27-11-8-23-12-18(27)24-19/h8,11-13,16,25H,6-7,9-10H2,1-5H3. The average Bonchev–Trinajstić information content (AvgIpc) is 3.21. The molecule has 3 aromatic heterocycles. The summed E-state index contributed by atoms with van der Waals surface area (Å²) >= 11 is 1.66. The lowest BCUT2D eigenvalue weighted by Gasteiger charge is -2.32. The number of rotatable bonds is 3. The van der Waals surface area contributed by atoms with Gasteiger partial charge in [0.2, 0.25) is 0 Å². The molecular formula is C22H29N5OS. The van der Waals surface area contributed by atoms with Crippen molar-refractivity contribution < 1.29 is 4.79 Å². The van der Waals surface area contributed by atoms with Gasteiger partial charge in [0.15, 0.2) is 5.65 Å². The van der Waals surface area contributed by atoms with Crippen molar-refractivity contribution >= 4 is 28.7 Å². The minimum atomic E-state index is -0.0704. The Morgan fingerprint density at radius 3 is 2.59 bits per heavy atom. The number of anilines is 1. The first kappa shape index (κ1) is 19.9. The number of likely N-dealkylation sites (tertiary alicyclic amines) is 1. The maximum atomic E-state index is 13.0. The quantitative estimate of drug-likeness (QED) is 0.682. The molecule has 0 atom stereocenters. The highest BCUT2D eigenvalue weighted by Gasteiger charge is 2.30. The first-order valence-electron chi connectivity index (χ1n) is 10.2. The summed E-state index contributed by atoms with van der Waals surface area (Å²) < 4.78 is 2.09. The molecule has 0 aliphatic carbocycles. The number of aromatic nitrogens is 3. The van der Waals surface area contributed by atoms with Gasteiger partial charge >= 0.3 is 0 Å². The molecule has 0 spiro atoms. The lowest BCUT2D eigenvalue weighted by atomic mass is 9.92. The van der Waals surface area contributed by atoms with E-state index in [0.29, 0.717) is 5.92 Å². The van der Waals surface area contributed by atoms with Crippen LogP contribution in [0.1, 0.15) is 66.0 Å². The normalized spacial score (nSPS) is 15.8. The second kappa shape index (κ2) is 7.44. The largest absolute Gasteiger partial charge is 0.365 e. The number of nitrogens with zero attached hydrogens (tertiary/aromatic N) is 4. The summed E-state index contributed by atoms with van der Waals surface area (Å²) in [6.45, 7) is 12.1. The van der Waals surface area contributed by atoms with E-state index in [9.17, 15) is 4.79 Å². The number of thiophene rings is 1. The fourth-order valence-corrected chi connectivity index (χ4v) is 4.80. The highest BCUT2D eigenvalue weighted by atomic mass is 32.1. The average molecular weight is 412 g/mol. The van der Waals surface area contributed by atoms with Crippen LogP contribution in [-0.4, -0.2) is 43.8 Å². The third kappa shape index (κ3) is 3.88. The molecule has 1 amide bonds. The zero-order valence-corrected chi connectivity index (χ0v) is 18.6. The number of hydrogen-bond donors (Lipinski definition) is 1. The van der Waals surface area contributed by atoms with Crippen molar-refractivity contribution in [3.05, 3.63) is 45.7 Å². The molecule has 0 unspecified atom stereocenters. The number of carbonyl (C=O) groups is 1. The van der Waals surface area contributed by atoms with Crippen LogP contribution in [0.3, 0.4) is 0 Å². The number of piperidine rings is 1. The van der Waals surface area contributed by atoms with Crippen LogP contribution in [0.4, 0.5) is 5.82 Å². The molecule has 3 aromatic rings. The predicted octanol–water partition coefficient (Wildman–Crippen LogP) is 4.64. The van der Waals surface area contributed by atoms with E-state index in [4.69, 9.17) is 4.98 Å². The molecule has 1 aliphatic heterocycles. The van der Waals surface area contributed by atoms with Gasteiger partial charge in [0.1, 0.15) is 5.82 Å². The van der Waals surface area contributed by atoms with E-state index >= 15 is 0 Å². The van der Waals surface area contributed by atoms with E-state index in [1.54, 1.807) is 23.7 Å². The van der Waals surface area contributed by atoms with Gasteiger partial charge in [-0.2, -0.15) is 0 Å². The molecule has 4 heterocycles. The van der Waals surface area contributed by atoms with E-state index in [0.717, 1.165) is 54.2 Å². The van der Waals surface area contributed by atoms with Crippen LogP contribution in [0.25, 0.3) is 5.65 Å². The predicted molar refractivity (Wildman–Crippen MR) is 118 cm³/mol. The third-order valence-corrected chi connectivity index (χ3v) is 6.65. The Morgan fingerprint density at radius 1 is 1.24 bits per heavy atom. The first-order valence-corrected chi connectivity index (χ1v) is 11.1. The maximum absolute atomic E-state index is 13.0. The van der Waals surface area contributed by atoms with Crippen LogP contribution in [0, 0.1) is 13.8 Å². The van der Waals surface area contributed by atoms with Crippen molar-refractivity contribution in [3.8, 4) is 0 Å². The fraction of sp³-hybridized carbons (Fsp3) is 0.500. The van der Waals surface area contributed by atoms with Crippen LogP contribution in [-0.2, 0) is 0 Å². The second-order valence-corrected chi connectivity index (χ2v) is 10.0. The maximum Gasteiger partial charge on any atom is 0.254 e. The number of imidazole rings is 1.